The molecule has 1 amide bonds. The summed E-state index contributed by atoms with van der Waals surface area (Å²) in [5.41, 5.74) is 1.13. The van der Waals surface area contributed by atoms with E-state index in [-0.39, 0.29) is 18.1 Å². The van der Waals surface area contributed by atoms with Crippen LogP contribution in [0.5, 0.6) is 0 Å². The van der Waals surface area contributed by atoms with Crippen molar-refractivity contribution >= 4 is 17.5 Å². The Bertz CT molecular complexity index is 517. The number of nitrogens with one attached hydrogen (secondary N) is 1. The third-order valence-electron chi connectivity index (χ3n) is 4.52. The van der Waals surface area contributed by atoms with Gasteiger partial charge in [0.25, 0.3) is 0 Å². The average molecular weight is 323 g/mol. The van der Waals surface area contributed by atoms with Crippen LogP contribution in [0, 0.1) is 0 Å². The zero-order valence-electron chi connectivity index (χ0n) is 12.8. The van der Waals surface area contributed by atoms with Gasteiger partial charge in [0.1, 0.15) is 0 Å². The third kappa shape index (κ3) is 3.80. The van der Waals surface area contributed by atoms with Gasteiger partial charge >= 0.3 is 0 Å². The summed E-state index contributed by atoms with van der Waals surface area (Å²) in [6, 6.07) is 8.18. The minimum atomic E-state index is 0.0165. The second-order valence-electron chi connectivity index (χ2n) is 6.08. The highest BCUT2D eigenvalue weighted by molar-refractivity contribution is 6.31. The summed E-state index contributed by atoms with van der Waals surface area (Å²) in [5, 5.41) is 4.07. The number of ether oxygens (including phenoxy) is 1. The Morgan fingerprint density at radius 3 is 3.05 bits per heavy atom. The molecule has 3 rings (SSSR count). The van der Waals surface area contributed by atoms with E-state index in [1.807, 2.05) is 23.1 Å². The second-order valence-corrected chi connectivity index (χ2v) is 6.49. The summed E-state index contributed by atoms with van der Waals surface area (Å²) < 4.78 is 5.65. The van der Waals surface area contributed by atoms with Crippen molar-refractivity contribution in [1.82, 2.24) is 10.2 Å². The van der Waals surface area contributed by atoms with E-state index in [2.05, 4.69) is 11.4 Å². The fraction of sp³-hybridized carbons (Fsp3) is 0.588. The van der Waals surface area contributed by atoms with Gasteiger partial charge < -0.3 is 15.0 Å². The van der Waals surface area contributed by atoms with E-state index in [1.54, 1.807) is 0 Å². The molecule has 0 bridgehead atoms. The summed E-state index contributed by atoms with van der Waals surface area (Å²) in [6.45, 7) is 3.20. The molecule has 120 valence electrons. The van der Waals surface area contributed by atoms with Crippen molar-refractivity contribution in [3.05, 3.63) is 34.9 Å². The van der Waals surface area contributed by atoms with Crippen molar-refractivity contribution in [2.24, 2.45) is 0 Å². The van der Waals surface area contributed by atoms with Crippen LogP contribution in [0.1, 0.15) is 24.8 Å². The van der Waals surface area contributed by atoms with E-state index in [9.17, 15) is 4.79 Å². The Morgan fingerprint density at radius 2 is 2.27 bits per heavy atom. The summed E-state index contributed by atoms with van der Waals surface area (Å²) in [7, 11) is 0. The van der Waals surface area contributed by atoms with Crippen molar-refractivity contribution in [2.75, 3.05) is 26.2 Å². The minimum absolute atomic E-state index is 0.0165. The Balaban J connectivity index is 1.60. The van der Waals surface area contributed by atoms with Crippen LogP contribution < -0.4 is 5.32 Å². The van der Waals surface area contributed by atoms with Crippen molar-refractivity contribution in [1.29, 1.82) is 0 Å². The maximum Gasteiger partial charge on any atom is 0.225 e. The van der Waals surface area contributed by atoms with Crippen LogP contribution in [-0.2, 0) is 16.0 Å². The lowest BCUT2D eigenvalue weighted by Crippen LogP contribution is -2.44. The molecule has 22 heavy (non-hydrogen) atoms. The summed E-state index contributed by atoms with van der Waals surface area (Å²) in [6.07, 6.45) is 3.47. The molecule has 2 fully saturated rings. The van der Waals surface area contributed by atoms with Gasteiger partial charge in [0.05, 0.1) is 19.1 Å². The number of carbonyl (C=O) groups excluding carboxylic acids is 1. The largest absolute Gasteiger partial charge is 0.375 e. The van der Waals surface area contributed by atoms with Crippen molar-refractivity contribution < 1.29 is 9.53 Å². The molecular formula is C17H23ClN2O2. The van der Waals surface area contributed by atoms with E-state index in [0.29, 0.717) is 13.0 Å². The molecule has 0 aromatic heterocycles. The monoisotopic (exact) mass is 322 g/mol. The lowest BCUT2D eigenvalue weighted by Gasteiger charge is -2.29. The smallest absolute Gasteiger partial charge is 0.225 e. The van der Waals surface area contributed by atoms with Gasteiger partial charge in [0.15, 0.2) is 0 Å². The van der Waals surface area contributed by atoms with E-state index in [4.69, 9.17) is 16.3 Å². The first-order chi connectivity index (χ1) is 10.7. The number of likely N-dealkylation sites (tertiary alicyclic amines) is 1. The number of rotatable bonds is 4. The van der Waals surface area contributed by atoms with Gasteiger partial charge in [0, 0.05) is 30.7 Å². The average Bonchev–Trinajstić information content (AvgIpc) is 2.99. The van der Waals surface area contributed by atoms with Gasteiger partial charge in [-0.1, -0.05) is 29.8 Å². The Hall–Kier alpha value is -1.10. The number of amides is 1. The van der Waals surface area contributed by atoms with Crippen LogP contribution in [0.3, 0.4) is 0 Å². The maximum absolute atomic E-state index is 12.6. The van der Waals surface area contributed by atoms with Gasteiger partial charge in [-0.25, -0.2) is 0 Å². The Kier molecular flexibility index (Phi) is 5.34. The standard InChI is InChI=1S/C17H23ClN2O2/c18-16-6-2-1-4-13(16)10-14-5-3-8-20(14)17(21)11-15-12-19-7-9-22-15/h1-2,4,6,14-15,19H,3,5,7-12H2. The zero-order chi connectivity index (χ0) is 15.4. The molecule has 0 saturated carbocycles. The first-order valence-corrected chi connectivity index (χ1v) is 8.47. The summed E-state index contributed by atoms with van der Waals surface area (Å²) in [4.78, 5) is 14.6. The van der Waals surface area contributed by atoms with Crippen LogP contribution in [0.15, 0.2) is 24.3 Å². The number of hydrogen-bond donors (Lipinski definition) is 1. The summed E-state index contributed by atoms with van der Waals surface area (Å²) >= 11 is 6.25. The Labute approximate surface area is 136 Å². The quantitative estimate of drug-likeness (QED) is 0.924. The molecule has 5 heteroatoms. The molecule has 1 aromatic carbocycles. The highest BCUT2D eigenvalue weighted by Gasteiger charge is 2.30. The topological polar surface area (TPSA) is 41.6 Å². The van der Waals surface area contributed by atoms with Crippen molar-refractivity contribution in [3.63, 3.8) is 0 Å². The normalized spacial score (nSPS) is 25.4. The van der Waals surface area contributed by atoms with Gasteiger partial charge in [-0.2, -0.15) is 0 Å². The molecule has 0 spiro atoms. The molecule has 0 radical (unpaired) electrons. The number of nitrogens with zero attached hydrogens (tertiary/aromatic N) is 1. The van der Waals surface area contributed by atoms with E-state index < -0.39 is 0 Å². The first-order valence-electron chi connectivity index (χ1n) is 8.09. The number of carbonyl (C=O) groups is 1. The van der Waals surface area contributed by atoms with E-state index in [0.717, 1.165) is 49.5 Å². The molecule has 2 aliphatic rings. The van der Waals surface area contributed by atoms with Crippen LogP contribution in [0.25, 0.3) is 0 Å². The molecule has 1 aromatic rings. The van der Waals surface area contributed by atoms with Gasteiger partial charge in [-0.15, -0.1) is 0 Å². The molecule has 2 heterocycles. The van der Waals surface area contributed by atoms with Crippen molar-refractivity contribution in [2.45, 2.75) is 37.8 Å². The molecule has 4 nitrogen and oxygen atoms in total. The molecule has 1 N–H and O–H groups in total. The predicted octanol–water partition coefficient (Wildman–Crippen LogP) is 2.25. The zero-order valence-corrected chi connectivity index (χ0v) is 13.5. The minimum Gasteiger partial charge on any atom is -0.375 e. The van der Waals surface area contributed by atoms with E-state index in [1.165, 1.54) is 0 Å². The molecular weight excluding hydrogens is 300 g/mol. The SMILES string of the molecule is O=C(CC1CNCCO1)N1CCCC1Cc1ccccc1Cl. The van der Waals surface area contributed by atoms with Crippen LogP contribution in [0.2, 0.25) is 5.02 Å². The predicted molar refractivity (Wildman–Crippen MR) is 87.1 cm³/mol. The molecule has 0 aliphatic carbocycles. The highest BCUT2D eigenvalue weighted by Crippen LogP contribution is 2.25. The highest BCUT2D eigenvalue weighted by atomic mass is 35.5. The van der Waals surface area contributed by atoms with Gasteiger partial charge in [-0.3, -0.25) is 4.79 Å². The molecule has 2 aliphatic heterocycles. The lowest BCUT2D eigenvalue weighted by atomic mass is 10.0. The van der Waals surface area contributed by atoms with Crippen LogP contribution in [0.4, 0.5) is 0 Å². The first kappa shape index (κ1) is 15.8. The van der Waals surface area contributed by atoms with Crippen LogP contribution >= 0.6 is 11.6 Å². The van der Waals surface area contributed by atoms with Crippen molar-refractivity contribution in [3.8, 4) is 0 Å². The maximum atomic E-state index is 12.6. The third-order valence-corrected chi connectivity index (χ3v) is 4.89. The molecule has 2 unspecified atom stereocenters. The summed E-state index contributed by atoms with van der Waals surface area (Å²) in [5.74, 6) is 0.211. The number of hydrogen-bond acceptors (Lipinski definition) is 3. The lowest BCUT2D eigenvalue weighted by molar-refractivity contribution is -0.135. The molecule has 2 saturated heterocycles. The fourth-order valence-corrected chi connectivity index (χ4v) is 3.57. The Morgan fingerprint density at radius 1 is 1.41 bits per heavy atom. The fourth-order valence-electron chi connectivity index (χ4n) is 3.36. The second kappa shape index (κ2) is 7.44. The number of morpholine rings is 1. The number of halogens is 1. The number of benzene rings is 1. The van der Waals surface area contributed by atoms with Gasteiger partial charge in [-0.05, 0) is 30.9 Å². The molecule has 2 atom stereocenters. The van der Waals surface area contributed by atoms with E-state index >= 15 is 0 Å². The van der Waals surface area contributed by atoms with Gasteiger partial charge in [0.2, 0.25) is 5.91 Å². The van der Waals surface area contributed by atoms with Crippen LogP contribution in [-0.4, -0.2) is 49.2 Å².